The van der Waals surface area contributed by atoms with Crippen LogP contribution in [0, 0.1) is 0 Å². The number of hydrogen-bond acceptors (Lipinski definition) is 3. The van der Waals surface area contributed by atoms with Gasteiger partial charge in [0.1, 0.15) is 0 Å². The molecule has 0 saturated heterocycles. The minimum atomic E-state index is -2.53. The van der Waals surface area contributed by atoms with E-state index in [9.17, 15) is 8.42 Å². The Kier molecular flexibility index (Phi) is 2.83. The van der Waals surface area contributed by atoms with Gasteiger partial charge in [-0.25, -0.2) is 8.42 Å². The standard InChI is InChI=1S/C8H11NO2S/c1-6(9)7-4-2-3-5-8(7)12(10)11/h2-6,12H,9H2,1H3. The first-order valence-corrected chi connectivity index (χ1v) is 4.79. The summed E-state index contributed by atoms with van der Waals surface area (Å²) >= 11 is 0. The summed E-state index contributed by atoms with van der Waals surface area (Å²) < 4.78 is 21.4. The van der Waals surface area contributed by atoms with Crippen molar-refractivity contribution < 1.29 is 8.42 Å². The molecular weight excluding hydrogens is 174 g/mol. The maximum Gasteiger partial charge on any atom is 0.168 e. The maximum absolute atomic E-state index is 10.7. The van der Waals surface area contributed by atoms with Crippen LogP contribution in [-0.4, -0.2) is 8.42 Å². The molecule has 4 heteroatoms. The maximum atomic E-state index is 10.7. The van der Waals surface area contributed by atoms with Crippen molar-refractivity contribution in [3.63, 3.8) is 0 Å². The van der Waals surface area contributed by atoms with Crippen molar-refractivity contribution in [1.29, 1.82) is 0 Å². The van der Waals surface area contributed by atoms with Crippen LogP contribution in [0.25, 0.3) is 0 Å². The van der Waals surface area contributed by atoms with E-state index in [0.717, 1.165) is 0 Å². The molecule has 66 valence electrons. The van der Waals surface area contributed by atoms with Gasteiger partial charge in [-0.05, 0) is 18.6 Å². The summed E-state index contributed by atoms with van der Waals surface area (Å²) in [7, 11) is -2.53. The average molecular weight is 185 g/mol. The summed E-state index contributed by atoms with van der Waals surface area (Å²) in [5.41, 5.74) is 6.26. The fourth-order valence-corrected chi connectivity index (χ4v) is 1.74. The highest BCUT2D eigenvalue weighted by molar-refractivity contribution is 7.72. The Balaban J connectivity index is 3.27. The Morgan fingerprint density at radius 1 is 1.33 bits per heavy atom. The van der Waals surface area contributed by atoms with Crippen LogP contribution < -0.4 is 5.73 Å². The van der Waals surface area contributed by atoms with E-state index in [-0.39, 0.29) is 6.04 Å². The molecule has 0 aliphatic rings. The molecule has 1 aromatic rings. The number of thiol groups is 1. The topological polar surface area (TPSA) is 60.2 Å². The molecular formula is C8H11NO2S. The third-order valence-electron chi connectivity index (χ3n) is 1.62. The Hall–Kier alpha value is -0.870. The van der Waals surface area contributed by atoms with Gasteiger partial charge in [0.2, 0.25) is 0 Å². The monoisotopic (exact) mass is 185 g/mol. The van der Waals surface area contributed by atoms with Crippen LogP contribution >= 0.6 is 0 Å². The van der Waals surface area contributed by atoms with Gasteiger partial charge in [-0.2, -0.15) is 0 Å². The molecule has 0 heterocycles. The zero-order valence-corrected chi connectivity index (χ0v) is 7.62. The number of rotatable bonds is 2. The largest absolute Gasteiger partial charge is 0.324 e. The molecule has 0 fully saturated rings. The fraction of sp³-hybridized carbons (Fsp3) is 0.250. The van der Waals surface area contributed by atoms with Crippen LogP contribution in [0.2, 0.25) is 0 Å². The van der Waals surface area contributed by atoms with E-state index < -0.39 is 10.7 Å². The molecule has 0 saturated carbocycles. The highest BCUT2D eigenvalue weighted by Gasteiger charge is 2.06. The molecule has 0 radical (unpaired) electrons. The van der Waals surface area contributed by atoms with Crippen molar-refractivity contribution in [3.8, 4) is 0 Å². The first-order chi connectivity index (χ1) is 5.63. The van der Waals surface area contributed by atoms with Crippen LogP contribution in [0.3, 0.4) is 0 Å². The lowest BCUT2D eigenvalue weighted by Crippen LogP contribution is -2.07. The van der Waals surface area contributed by atoms with Gasteiger partial charge in [0.05, 0.1) is 4.90 Å². The van der Waals surface area contributed by atoms with Crippen molar-refractivity contribution in [1.82, 2.24) is 0 Å². The zero-order chi connectivity index (χ0) is 9.14. The second kappa shape index (κ2) is 3.69. The molecule has 0 aliphatic heterocycles. The summed E-state index contributed by atoms with van der Waals surface area (Å²) in [5, 5.41) is 0. The lowest BCUT2D eigenvalue weighted by molar-refractivity contribution is 0.612. The summed E-state index contributed by atoms with van der Waals surface area (Å²) in [6.45, 7) is 1.76. The molecule has 1 aromatic carbocycles. The van der Waals surface area contributed by atoms with Crippen molar-refractivity contribution in [2.75, 3.05) is 0 Å². The molecule has 1 rings (SSSR count). The van der Waals surface area contributed by atoms with E-state index in [1.165, 1.54) is 0 Å². The van der Waals surface area contributed by atoms with Gasteiger partial charge in [-0.3, -0.25) is 0 Å². The molecule has 2 N–H and O–H groups in total. The molecule has 0 aromatic heterocycles. The second-order valence-electron chi connectivity index (χ2n) is 2.60. The molecule has 0 bridgehead atoms. The van der Waals surface area contributed by atoms with Gasteiger partial charge < -0.3 is 5.73 Å². The molecule has 0 aliphatic carbocycles. The first kappa shape index (κ1) is 9.22. The summed E-state index contributed by atoms with van der Waals surface area (Å²) in [5.74, 6) is 0. The summed E-state index contributed by atoms with van der Waals surface area (Å²) in [6.07, 6.45) is 0. The van der Waals surface area contributed by atoms with Gasteiger partial charge in [-0.1, -0.05) is 18.2 Å². The number of hydrogen-bond donors (Lipinski definition) is 2. The fourth-order valence-electron chi connectivity index (χ4n) is 1.04. The van der Waals surface area contributed by atoms with Crippen LogP contribution in [-0.2, 0) is 10.7 Å². The molecule has 3 nitrogen and oxygen atoms in total. The van der Waals surface area contributed by atoms with Crippen LogP contribution in [0.4, 0.5) is 0 Å². The quantitative estimate of drug-likeness (QED) is 0.666. The lowest BCUT2D eigenvalue weighted by atomic mass is 10.1. The molecule has 0 amide bonds. The predicted octanol–water partition coefficient (Wildman–Crippen LogP) is 0.677. The smallest absolute Gasteiger partial charge is 0.168 e. The van der Waals surface area contributed by atoms with Crippen LogP contribution in [0.15, 0.2) is 29.2 Å². The van der Waals surface area contributed by atoms with Crippen molar-refractivity contribution in [2.45, 2.75) is 17.9 Å². The van der Waals surface area contributed by atoms with Gasteiger partial charge in [0, 0.05) is 6.04 Å². The number of benzene rings is 1. The van der Waals surface area contributed by atoms with Crippen molar-refractivity contribution in [3.05, 3.63) is 29.8 Å². The van der Waals surface area contributed by atoms with E-state index >= 15 is 0 Å². The van der Waals surface area contributed by atoms with Crippen molar-refractivity contribution in [2.24, 2.45) is 5.73 Å². The van der Waals surface area contributed by atoms with Crippen LogP contribution in [0.5, 0.6) is 0 Å². The van der Waals surface area contributed by atoms with Gasteiger partial charge in [-0.15, -0.1) is 0 Å². The third-order valence-corrected chi connectivity index (χ3v) is 2.42. The van der Waals surface area contributed by atoms with E-state index in [2.05, 4.69) is 0 Å². The zero-order valence-electron chi connectivity index (χ0n) is 6.73. The van der Waals surface area contributed by atoms with Crippen LogP contribution in [0.1, 0.15) is 18.5 Å². The Bertz CT molecular complexity index is 337. The third kappa shape index (κ3) is 1.84. The predicted molar refractivity (Wildman–Crippen MR) is 47.6 cm³/mol. The highest BCUT2D eigenvalue weighted by atomic mass is 32.2. The minimum absolute atomic E-state index is 0.242. The summed E-state index contributed by atoms with van der Waals surface area (Å²) in [4.78, 5) is 0.322. The van der Waals surface area contributed by atoms with Gasteiger partial charge >= 0.3 is 0 Å². The second-order valence-corrected chi connectivity index (χ2v) is 3.60. The van der Waals surface area contributed by atoms with E-state index in [0.29, 0.717) is 10.5 Å². The summed E-state index contributed by atoms with van der Waals surface area (Å²) in [6, 6.07) is 6.51. The van der Waals surface area contributed by atoms with E-state index in [4.69, 9.17) is 5.73 Å². The van der Waals surface area contributed by atoms with Gasteiger partial charge in [0.25, 0.3) is 0 Å². The molecule has 1 atom stereocenters. The minimum Gasteiger partial charge on any atom is -0.324 e. The number of nitrogens with two attached hydrogens (primary N) is 1. The average Bonchev–Trinajstić information content (AvgIpc) is 2.04. The Labute approximate surface area is 73.2 Å². The molecule has 12 heavy (non-hydrogen) atoms. The Morgan fingerprint density at radius 2 is 1.92 bits per heavy atom. The normalized spacial score (nSPS) is 13.2. The SMILES string of the molecule is CC(N)c1ccccc1[SH](=O)=O. The van der Waals surface area contributed by atoms with E-state index in [1.54, 1.807) is 31.2 Å². The lowest BCUT2D eigenvalue weighted by Gasteiger charge is -2.06. The van der Waals surface area contributed by atoms with E-state index in [1.807, 2.05) is 0 Å². The Morgan fingerprint density at radius 3 is 2.33 bits per heavy atom. The van der Waals surface area contributed by atoms with Gasteiger partial charge in [0.15, 0.2) is 10.7 Å². The first-order valence-electron chi connectivity index (χ1n) is 3.62. The molecule has 1 unspecified atom stereocenters. The van der Waals surface area contributed by atoms with Crippen molar-refractivity contribution >= 4 is 10.7 Å². The highest BCUT2D eigenvalue weighted by Crippen LogP contribution is 2.16. The molecule has 0 spiro atoms.